The van der Waals surface area contributed by atoms with E-state index in [1.54, 1.807) is 24.1 Å². The topological polar surface area (TPSA) is 61.4 Å². The summed E-state index contributed by atoms with van der Waals surface area (Å²) in [6, 6.07) is 11.3. The van der Waals surface area contributed by atoms with Gasteiger partial charge >= 0.3 is 0 Å². The van der Waals surface area contributed by atoms with Crippen molar-refractivity contribution in [3.05, 3.63) is 58.1 Å². The third kappa shape index (κ3) is 5.58. The number of aryl methyl sites for hydroxylation is 3. The van der Waals surface area contributed by atoms with Gasteiger partial charge < -0.3 is 10.6 Å². The van der Waals surface area contributed by atoms with Crippen molar-refractivity contribution in [1.82, 2.24) is 4.90 Å². The number of likely N-dealkylation sites (N-methyl/N-ethyl adjacent to an activating group) is 1. The number of benzene rings is 2. The van der Waals surface area contributed by atoms with Gasteiger partial charge in [-0.25, -0.2) is 0 Å². The van der Waals surface area contributed by atoms with E-state index in [2.05, 4.69) is 10.6 Å². The van der Waals surface area contributed by atoms with Crippen LogP contribution in [0.1, 0.15) is 16.7 Å². The van der Waals surface area contributed by atoms with Gasteiger partial charge in [-0.15, -0.1) is 0 Å². The minimum Gasteiger partial charge on any atom is -0.324 e. The Morgan fingerprint density at radius 1 is 0.962 bits per heavy atom. The van der Waals surface area contributed by atoms with Crippen molar-refractivity contribution < 1.29 is 9.59 Å². The molecule has 2 amide bonds. The predicted octanol–water partition coefficient (Wildman–Crippen LogP) is 3.77. The van der Waals surface area contributed by atoms with E-state index in [1.807, 2.05) is 45.0 Å². The van der Waals surface area contributed by atoms with Crippen LogP contribution >= 0.6 is 11.6 Å². The maximum Gasteiger partial charge on any atom is 0.238 e. The Bertz CT molecular complexity index is 800. The fourth-order valence-electron chi connectivity index (χ4n) is 2.65. The van der Waals surface area contributed by atoms with Gasteiger partial charge in [-0.1, -0.05) is 35.9 Å². The van der Waals surface area contributed by atoms with Crippen molar-refractivity contribution >= 4 is 34.8 Å². The van der Waals surface area contributed by atoms with Crippen LogP contribution in [0.25, 0.3) is 0 Å². The number of carbonyl (C=O) groups excluding carboxylic acids is 2. The van der Waals surface area contributed by atoms with Gasteiger partial charge in [0.25, 0.3) is 0 Å². The Balaban J connectivity index is 1.88. The van der Waals surface area contributed by atoms with Crippen LogP contribution < -0.4 is 10.6 Å². The van der Waals surface area contributed by atoms with Crippen LogP contribution in [0.3, 0.4) is 0 Å². The lowest BCUT2D eigenvalue weighted by Gasteiger charge is -2.17. The monoisotopic (exact) mass is 373 g/mol. The molecule has 5 nitrogen and oxygen atoms in total. The average Bonchev–Trinajstić information content (AvgIpc) is 2.53. The maximum absolute atomic E-state index is 12.3. The van der Waals surface area contributed by atoms with Gasteiger partial charge in [0.05, 0.1) is 23.8 Å². The lowest BCUT2D eigenvalue weighted by molar-refractivity contribution is -0.119. The number of carbonyl (C=O) groups is 2. The third-order valence-corrected chi connectivity index (χ3v) is 4.28. The molecule has 0 atom stereocenters. The quantitative estimate of drug-likeness (QED) is 0.810. The normalized spacial score (nSPS) is 10.7. The lowest BCUT2D eigenvalue weighted by atomic mass is 10.1. The highest BCUT2D eigenvalue weighted by Gasteiger charge is 2.13. The van der Waals surface area contributed by atoms with Gasteiger partial charge in [-0.05, 0) is 56.6 Å². The van der Waals surface area contributed by atoms with E-state index in [-0.39, 0.29) is 24.9 Å². The molecule has 6 heteroatoms. The first-order valence-electron chi connectivity index (χ1n) is 8.37. The molecule has 0 heterocycles. The van der Waals surface area contributed by atoms with Gasteiger partial charge in [0.2, 0.25) is 11.8 Å². The second kappa shape index (κ2) is 8.83. The van der Waals surface area contributed by atoms with Gasteiger partial charge in [-0.3, -0.25) is 14.5 Å². The Labute approximate surface area is 159 Å². The SMILES string of the molecule is Cc1ccc(NC(=O)CN(C)CC(=O)Nc2c(C)cccc2C)c(Cl)c1. The zero-order valence-electron chi connectivity index (χ0n) is 15.5. The Morgan fingerprint density at radius 2 is 1.54 bits per heavy atom. The van der Waals surface area contributed by atoms with Gasteiger partial charge in [0.1, 0.15) is 0 Å². The fourth-order valence-corrected chi connectivity index (χ4v) is 2.93. The Kier molecular flexibility index (Phi) is 6.77. The third-order valence-electron chi connectivity index (χ3n) is 3.97. The number of amides is 2. The van der Waals surface area contributed by atoms with Crippen LogP contribution in [0, 0.1) is 20.8 Å². The molecule has 0 unspecified atom stereocenters. The zero-order valence-corrected chi connectivity index (χ0v) is 16.3. The number of para-hydroxylation sites is 1. The summed E-state index contributed by atoms with van der Waals surface area (Å²) in [7, 11) is 1.72. The average molecular weight is 374 g/mol. The largest absolute Gasteiger partial charge is 0.324 e. The summed E-state index contributed by atoms with van der Waals surface area (Å²) < 4.78 is 0. The number of nitrogens with zero attached hydrogens (tertiary/aromatic N) is 1. The second-order valence-corrected chi connectivity index (χ2v) is 6.93. The van der Waals surface area contributed by atoms with E-state index in [4.69, 9.17) is 11.6 Å². The smallest absolute Gasteiger partial charge is 0.238 e. The van der Waals surface area contributed by atoms with Gasteiger partial charge in [0.15, 0.2) is 0 Å². The number of hydrogen-bond donors (Lipinski definition) is 2. The zero-order chi connectivity index (χ0) is 19.3. The Hall–Kier alpha value is -2.37. The molecule has 0 radical (unpaired) electrons. The summed E-state index contributed by atoms with van der Waals surface area (Å²) in [5.41, 5.74) is 4.42. The number of anilines is 2. The van der Waals surface area contributed by atoms with Crippen molar-refractivity contribution in [3.63, 3.8) is 0 Å². The molecule has 0 aliphatic heterocycles. The molecule has 0 spiro atoms. The standard InChI is InChI=1S/C20H24ClN3O2/c1-13-8-9-17(16(21)10-13)22-18(25)11-24(4)12-19(26)23-20-14(2)6-5-7-15(20)3/h5-10H,11-12H2,1-4H3,(H,22,25)(H,23,26). The van der Waals surface area contributed by atoms with Gasteiger partial charge in [-0.2, -0.15) is 0 Å². The van der Waals surface area contributed by atoms with E-state index in [1.165, 1.54) is 0 Å². The van der Waals surface area contributed by atoms with Crippen molar-refractivity contribution in [1.29, 1.82) is 0 Å². The summed E-state index contributed by atoms with van der Waals surface area (Å²) in [5, 5.41) is 6.17. The van der Waals surface area contributed by atoms with Crippen LogP contribution in [0.2, 0.25) is 5.02 Å². The molecule has 0 saturated carbocycles. The predicted molar refractivity (Wildman–Crippen MR) is 107 cm³/mol. The molecular formula is C20H24ClN3O2. The number of halogens is 1. The van der Waals surface area contributed by atoms with Crippen LogP contribution in [0.4, 0.5) is 11.4 Å². The first-order chi connectivity index (χ1) is 12.3. The molecule has 0 aliphatic carbocycles. The minimum absolute atomic E-state index is 0.0877. The molecule has 0 aromatic heterocycles. The summed E-state index contributed by atoms with van der Waals surface area (Å²) in [5.74, 6) is -0.385. The molecular weight excluding hydrogens is 350 g/mol. The summed E-state index contributed by atoms with van der Waals surface area (Å²) in [6.45, 7) is 6.03. The van der Waals surface area contributed by atoms with Crippen LogP contribution in [0.5, 0.6) is 0 Å². The molecule has 2 rings (SSSR count). The van der Waals surface area contributed by atoms with Crippen LogP contribution in [0.15, 0.2) is 36.4 Å². The van der Waals surface area contributed by atoms with Crippen LogP contribution in [-0.4, -0.2) is 36.9 Å². The van der Waals surface area contributed by atoms with Gasteiger partial charge in [0, 0.05) is 5.69 Å². The molecule has 0 saturated heterocycles. The molecule has 2 aromatic rings. The molecule has 0 aliphatic rings. The highest BCUT2D eigenvalue weighted by atomic mass is 35.5. The summed E-state index contributed by atoms with van der Waals surface area (Å²) >= 11 is 6.12. The number of hydrogen-bond acceptors (Lipinski definition) is 3. The molecule has 2 aromatic carbocycles. The van der Waals surface area contributed by atoms with E-state index >= 15 is 0 Å². The number of rotatable bonds is 6. The van der Waals surface area contributed by atoms with E-state index in [9.17, 15) is 9.59 Å². The molecule has 2 N–H and O–H groups in total. The van der Waals surface area contributed by atoms with E-state index in [0.717, 1.165) is 22.4 Å². The lowest BCUT2D eigenvalue weighted by Crippen LogP contribution is -2.36. The molecule has 0 bridgehead atoms. The molecule has 26 heavy (non-hydrogen) atoms. The van der Waals surface area contributed by atoms with Crippen molar-refractivity contribution in [2.75, 3.05) is 30.8 Å². The highest BCUT2D eigenvalue weighted by molar-refractivity contribution is 6.33. The second-order valence-electron chi connectivity index (χ2n) is 6.52. The molecule has 138 valence electrons. The Morgan fingerprint density at radius 3 is 2.12 bits per heavy atom. The van der Waals surface area contributed by atoms with Crippen molar-refractivity contribution in [2.45, 2.75) is 20.8 Å². The summed E-state index contributed by atoms with van der Waals surface area (Å²) in [4.78, 5) is 26.1. The number of nitrogens with one attached hydrogen (secondary N) is 2. The first kappa shape index (κ1) is 19.9. The van der Waals surface area contributed by atoms with Crippen molar-refractivity contribution in [2.24, 2.45) is 0 Å². The fraction of sp³-hybridized carbons (Fsp3) is 0.300. The van der Waals surface area contributed by atoms with Crippen molar-refractivity contribution in [3.8, 4) is 0 Å². The summed E-state index contributed by atoms with van der Waals surface area (Å²) in [6.07, 6.45) is 0. The van der Waals surface area contributed by atoms with E-state index < -0.39 is 0 Å². The van der Waals surface area contributed by atoms with E-state index in [0.29, 0.717) is 10.7 Å². The minimum atomic E-state index is -0.224. The van der Waals surface area contributed by atoms with Crippen LogP contribution in [-0.2, 0) is 9.59 Å². The molecule has 0 fully saturated rings. The maximum atomic E-state index is 12.3. The first-order valence-corrected chi connectivity index (χ1v) is 8.74. The highest BCUT2D eigenvalue weighted by Crippen LogP contribution is 2.22.